The molecule has 0 fully saturated rings. The van der Waals surface area contributed by atoms with Gasteiger partial charge in [-0.2, -0.15) is 0 Å². The largest absolute Gasteiger partial charge is 0.481 e. The fraction of sp³-hybridized carbons (Fsp3) is 0.800. The molecule has 0 saturated carbocycles. The van der Waals surface area contributed by atoms with E-state index < -0.39 is 0 Å². The Balaban J connectivity index is 2.28. The Morgan fingerprint density at radius 1 is 2.00 bits per heavy atom. The third kappa shape index (κ3) is 0.918. The molecule has 0 amide bonds. The molecule has 1 aliphatic rings. The van der Waals surface area contributed by atoms with E-state index in [4.69, 9.17) is 4.74 Å². The normalized spacial score (nSPS) is 27.9. The summed E-state index contributed by atoms with van der Waals surface area (Å²) in [5.41, 5.74) is 0. The maximum absolute atomic E-state index is 4.86. The lowest BCUT2D eigenvalue weighted by Crippen LogP contribution is -2.02. The van der Waals surface area contributed by atoms with Gasteiger partial charge in [0.2, 0.25) is 0 Å². The Morgan fingerprint density at radius 2 is 2.86 bits per heavy atom. The number of ether oxygens (including phenoxy) is 1. The van der Waals surface area contributed by atoms with Crippen LogP contribution >= 0.6 is 0 Å². The second-order valence-corrected chi connectivity index (χ2v) is 1.65. The fourth-order valence-corrected chi connectivity index (χ4v) is 0.550. The molecular formula is C5H9NO. The van der Waals surface area contributed by atoms with Crippen molar-refractivity contribution in [2.45, 2.75) is 19.4 Å². The van der Waals surface area contributed by atoms with Crippen LogP contribution in [0.4, 0.5) is 0 Å². The summed E-state index contributed by atoms with van der Waals surface area (Å²) in [6.07, 6.45) is 2.63. The van der Waals surface area contributed by atoms with E-state index in [1.54, 1.807) is 0 Å². The second-order valence-electron chi connectivity index (χ2n) is 1.65. The first-order valence-electron chi connectivity index (χ1n) is 2.56. The predicted molar refractivity (Wildman–Crippen MR) is 28.5 cm³/mol. The summed E-state index contributed by atoms with van der Waals surface area (Å²) in [6, 6.07) is 0.444. The van der Waals surface area contributed by atoms with Crippen molar-refractivity contribution in [1.29, 1.82) is 0 Å². The summed E-state index contributed by atoms with van der Waals surface area (Å²) < 4.78 is 4.86. The zero-order valence-corrected chi connectivity index (χ0v) is 4.42. The van der Waals surface area contributed by atoms with E-state index in [9.17, 15) is 0 Å². The number of rotatable bonds is 1. The van der Waals surface area contributed by atoms with E-state index in [1.807, 2.05) is 0 Å². The maximum atomic E-state index is 4.86. The van der Waals surface area contributed by atoms with E-state index in [-0.39, 0.29) is 0 Å². The van der Waals surface area contributed by atoms with E-state index >= 15 is 0 Å². The van der Waals surface area contributed by atoms with Crippen LogP contribution in [0.1, 0.15) is 13.3 Å². The molecule has 0 aromatic rings. The summed E-state index contributed by atoms with van der Waals surface area (Å²) in [7, 11) is 0. The Morgan fingerprint density at radius 3 is 3.14 bits per heavy atom. The number of nitrogens with zero attached hydrogens (tertiary/aromatic N) is 1. The molecule has 0 aromatic heterocycles. The average molecular weight is 99.1 g/mol. The molecule has 0 saturated heterocycles. The molecule has 2 nitrogen and oxygen atoms in total. The highest BCUT2D eigenvalue weighted by Crippen LogP contribution is 2.01. The summed E-state index contributed by atoms with van der Waals surface area (Å²) >= 11 is 0. The van der Waals surface area contributed by atoms with Crippen LogP contribution in [0.2, 0.25) is 0 Å². The van der Waals surface area contributed by atoms with Crippen molar-refractivity contribution in [1.82, 2.24) is 0 Å². The van der Waals surface area contributed by atoms with Crippen LogP contribution in [-0.2, 0) is 4.74 Å². The quantitative estimate of drug-likeness (QED) is 0.477. The first kappa shape index (κ1) is 4.62. The van der Waals surface area contributed by atoms with Crippen molar-refractivity contribution >= 4 is 6.40 Å². The molecule has 40 valence electrons. The molecule has 1 atom stereocenters. The van der Waals surface area contributed by atoms with Gasteiger partial charge >= 0.3 is 0 Å². The van der Waals surface area contributed by atoms with Gasteiger partial charge in [-0.25, -0.2) is 0 Å². The van der Waals surface area contributed by atoms with E-state index in [0.29, 0.717) is 6.04 Å². The minimum atomic E-state index is 0.444. The molecule has 0 aromatic carbocycles. The Labute approximate surface area is 43.2 Å². The molecule has 0 spiro atoms. The van der Waals surface area contributed by atoms with Gasteiger partial charge < -0.3 is 4.74 Å². The van der Waals surface area contributed by atoms with Gasteiger partial charge in [0, 0.05) is 0 Å². The molecule has 1 rings (SSSR count). The lowest BCUT2D eigenvalue weighted by Gasteiger charge is -1.95. The van der Waals surface area contributed by atoms with Gasteiger partial charge in [0.05, 0.1) is 6.04 Å². The summed E-state index contributed by atoms with van der Waals surface area (Å²) in [5, 5.41) is 0. The SMILES string of the molecule is CC[C@@H]1COC=N1. The molecule has 1 aliphatic heterocycles. The molecular weight excluding hydrogens is 90.1 g/mol. The number of hydrogen-bond donors (Lipinski definition) is 0. The van der Waals surface area contributed by atoms with Crippen LogP contribution in [0.3, 0.4) is 0 Å². The number of hydrogen-bond acceptors (Lipinski definition) is 2. The van der Waals surface area contributed by atoms with Crippen LogP contribution in [0.5, 0.6) is 0 Å². The van der Waals surface area contributed by atoms with E-state index in [2.05, 4.69) is 11.9 Å². The zero-order chi connectivity index (χ0) is 5.11. The van der Waals surface area contributed by atoms with Crippen LogP contribution in [0.25, 0.3) is 0 Å². The number of aliphatic imine (C=N–C) groups is 1. The van der Waals surface area contributed by atoms with Crippen LogP contribution < -0.4 is 0 Å². The van der Waals surface area contributed by atoms with Gasteiger partial charge in [-0.05, 0) is 6.42 Å². The third-order valence-electron chi connectivity index (χ3n) is 1.11. The summed E-state index contributed by atoms with van der Waals surface area (Å²) in [6.45, 7) is 2.90. The van der Waals surface area contributed by atoms with Crippen molar-refractivity contribution in [3.05, 3.63) is 0 Å². The zero-order valence-electron chi connectivity index (χ0n) is 4.42. The van der Waals surface area contributed by atoms with Crippen LogP contribution in [0.15, 0.2) is 4.99 Å². The molecule has 0 radical (unpaired) electrons. The van der Waals surface area contributed by atoms with Crippen molar-refractivity contribution in [2.75, 3.05) is 6.61 Å². The maximum Gasteiger partial charge on any atom is 0.169 e. The van der Waals surface area contributed by atoms with Gasteiger partial charge in [-0.3, -0.25) is 4.99 Å². The van der Waals surface area contributed by atoms with E-state index in [1.165, 1.54) is 6.40 Å². The van der Waals surface area contributed by atoms with E-state index in [0.717, 1.165) is 13.0 Å². The molecule has 0 unspecified atom stereocenters. The van der Waals surface area contributed by atoms with Gasteiger partial charge in [0.25, 0.3) is 0 Å². The first-order valence-corrected chi connectivity index (χ1v) is 2.56. The minimum absolute atomic E-state index is 0.444. The van der Waals surface area contributed by atoms with Gasteiger partial charge in [-0.15, -0.1) is 0 Å². The van der Waals surface area contributed by atoms with Gasteiger partial charge in [0.15, 0.2) is 6.40 Å². The Bertz CT molecular complexity index is 80.1. The van der Waals surface area contributed by atoms with Gasteiger partial charge in [0.1, 0.15) is 6.61 Å². The molecule has 1 heterocycles. The van der Waals surface area contributed by atoms with Crippen LogP contribution in [0, 0.1) is 0 Å². The predicted octanol–water partition coefficient (Wildman–Crippen LogP) is 0.824. The molecule has 0 aliphatic carbocycles. The summed E-state index contributed by atoms with van der Waals surface area (Å²) in [4.78, 5) is 4.01. The highest BCUT2D eigenvalue weighted by molar-refractivity contribution is 5.48. The van der Waals surface area contributed by atoms with Crippen molar-refractivity contribution in [3.8, 4) is 0 Å². The molecule has 7 heavy (non-hydrogen) atoms. The third-order valence-corrected chi connectivity index (χ3v) is 1.11. The summed E-state index contributed by atoms with van der Waals surface area (Å²) in [5.74, 6) is 0. The molecule has 0 N–H and O–H groups in total. The lowest BCUT2D eigenvalue weighted by atomic mass is 10.3. The van der Waals surface area contributed by atoms with Crippen molar-refractivity contribution in [2.24, 2.45) is 4.99 Å². The first-order chi connectivity index (χ1) is 3.43. The molecule has 2 heteroatoms. The topological polar surface area (TPSA) is 21.6 Å². The fourth-order valence-electron chi connectivity index (χ4n) is 0.550. The van der Waals surface area contributed by atoms with Crippen molar-refractivity contribution in [3.63, 3.8) is 0 Å². The Hall–Kier alpha value is -0.530. The average Bonchev–Trinajstić information content (AvgIpc) is 2.14. The Kier molecular flexibility index (Phi) is 1.29. The van der Waals surface area contributed by atoms with Gasteiger partial charge in [-0.1, -0.05) is 6.92 Å². The monoisotopic (exact) mass is 99.1 g/mol. The minimum Gasteiger partial charge on any atom is -0.481 e. The molecule has 0 bridgehead atoms. The smallest absolute Gasteiger partial charge is 0.169 e. The highest BCUT2D eigenvalue weighted by atomic mass is 16.5. The lowest BCUT2D eigenvalue weighted by molar-refractivity contribution is 0.325. The second kappa shape index (κ2) is 1.96. The highest BCUT2D eigenvalue weighted by Gasteiger charge is 2.06. The standard InChI is InChI=1S/C5H9NO/c1-2-5-3-7-4-6-5/h4-5H,2-3H2,1H3/t5-/m1/s1. The van der Waals surface area contributed by atoms with Crippen molar-refractivity contribution < 1.29 is 4.74 Å². The van der Waals surface area contributed by atoms with Crippen LogP contribution in [-0.4, -0.2) is 19.0 Å².